The molecule has 1 aromatic carbocycles. The number of anilines is 1. The van der Waals surface area contributed by atoms with Crippen molar-refractivity contribution >= 4 is 40.9 Å². The van der Waals surface area contributed by atoms with E-state index in [1.165, 1.54) is 0 Å². The highest BCUT2D eigenvalue weighted by molar-refractivity contribution is 6.25. The lowest BCUT2D eigenvalue weighted by molar-refractivity contribution is -0.136. The van der Waals surface area contributed by atoms with Crippen molar-refractivity contribution in [3.63, 3.8) is 0 Å². The van der Waals surface area contributed by atoms with E-state index in [-0.39, 0.29) is 24.0 Å². The molecule has 4 amide bonds. The summed E-state index contributed by atoms with van der Waals surface area (Å²) in [6.45, 7) is 10.6. The Morgan fingerprint density at radius 3 is 1.34 bits per heavy atom. The molecule has 19 heteroatoms. The van der Waals surface area contributed by atoms with E-state index in [0.29, 0.717) is 163 Å². The fourth-order valence-electron chi connectivity index (χ4n) is 5.28. The van der Waals surface area contributed by atoms with Gasteiger partial charge in [0.05, 0.1) is 156 Å². The third kappa shape index (κ3) is 19.5. The predicted molar refractivity (Wildman–Crippen MR) is 201 cm³/mol. The number of piperidine rings is 1. The zero-order valence-corrected chi connectivity index (χ0v) is 32.9. The van der Waals surface area contributed by atoms with Crippen LogP contribution in [0.5, 0.6) is 0 Å². The molecule has 0 radical (unpaired) electrons. The Balaban J connectivity index is 1.00. The molecule has 0 bridgehead atoms. The maximum atomic E-state index is 13.2. The van der Waals surface area contributed by atoms with E-state index in [1.807, 2.05) is 0 Å². The molecule has 1 aromatic rings. The molecular weight excluding hydrogens is 762 g/mol. The second-order valence-electron chi connectivity index (χ2n) is 12.0. The molecule has 18 nitrogen and oxygen atoms in total. The van der Waals surface area contributed by atoms with Gasteiger partial charge in [0.2, 0.25) is 11.8 Å². The van der Waals surface area contributed by atoms with Gasteiger partial charge in [0, 0.05) is 24.5 Å². The Kier molecular flexibility index (Phi) is 26.5. The first-order valence-electron chi connectivity index (χ1n) is 19.0. The van der Waals surface area contributed by atoms with Crippen LogP contribution in [0.15, 0.2) is 18.2 Å². The second kappa shape index (κ2) is 31.2. The summed E-state index contributed by atoms with van der Waals surface area (Å²) >= 11 is 5.51. The van der Waals surface area contributed by atoms with Gasteiger partial charge in [-0.2, -0.15) is 0 Å². The fourth-order valence-corrected chi connectivity index (χ4v) is 5.38. The monoisotopic (exact) mass is 819 g/mol. The summed E-state index contributed by atoms with van der Waals surface area (Å²) in [5.41, 5.74) is 0.904. The zero-order chi connectivity index (χ0) is 39.9. The van der Waals surface area contributed by atoms with Gasteiger partial charge in [0.25, 0.3) is 11.8 Å². The van der Waals surface area contributed by atoms with Crippen molar-refractivity contribution in [1.29, 1.82) is 0 Å². The van der Waals surface area contributed by atoms with Gasteiger partial charge in [-0.25, -0.2) is 0 Å². The Hall–Kier alpha value is -2.85. The quantitative estimate of drug-likeness (QED) is 0.0546. The lowest BCUT2D eigenvalue weighted by Gasteiger charge is -2.27. The normalized spacial score (nSPS) is 15.5. The fraction of sp³-hybridized carbons (Fsp3) is 0.730. The van der Waals surface area contributed by atoms with Crippen LogP contribution in [0.4, 0.5) is 5.69 Å². The third-order valence-corrected chi connectivity index (χ3v) is 8.13. The van der Waals surface area contributed by atoms with Crippen molar-refractivity contribution in [2.75, 3.05) is 163 Å². The molecule has 1 saturated heterocycles. The van der Waals surface area contributed by atoms with Gasteiger partial charge in [0.1, 0.15) is 6.04 Å². The van der Waals surface area contributed by atoms with E-state index in [4.69, 9.17) is 63.7 Å². The Bertz CT molecular complexity index is 1260. The van der Waals surface area contributed by atoms with Crippen LogP contribution in [0.25, 0.3) is 0 Å². The molecule has 2 N–H and O–H groups in total. The lowest BCUT2D eigenvalue weighted by atomic mass is 10.0. The first-order valence-corrected chi connectivity index (χ1v) is 19.6. The third-order valence-electron chi connectivity index (χ3n) is 7.97. The average Bonchev–Trinajstić information content (AvgIpc) is 3.45. The van der Waals surface area contributed by atoms with E-state index < -0.39 is 29.7 Å². The Morgan fingerprint density at radius 1 is 0.554 bits per heavy atom. The number of imide groups is 2. The number of carbonyl (C=O) groups excluding carboxylic acids is 4. The van der Waals surface area contributed by atoms with Crippen LogP contribution < -0.4 is 10.6 Å². The molecule has 2 aliphatic heterocycles. The standard InChI is InChI=1S/C37H58ClN3O15/c38-6-8-46-10-12-48-14-16-50-18-20-52-22-24-54-26-28-56-29-27-55-25-23-53-21-19-51-17-15-49-13-11-47-9-7-39-31-3-1-2-30-34(31)37(45)41(36(30)44)32-4-5-33(42)40-35(32)43/h1-3,32,39H,4-29H2,(H,40,42,43). The highest BCUT2D eigenvalue weighted by Crippen LogP contribution is 2.32. The number of rotatable bonds is 37. The van der Waals surface area contributed by atoms with Crippen LogP contribution in [-0.4, -0.2) is 192 Å². The first kappa shape index (κ1) is 47.5. The summed E-state index contributed by atoms with van der Waals surface area (Å²) in [5, 5.41) is 5.33. The van der Waals surface area contributed by atoms with E-state index in [1.54, 1.807) is 18.2 Å². The molecule has 318 valence electrons. The van der Waals surface area contributed by atoms with Gasteiger partial charge in [-0.15, -0.1) is 11.6 Å². The number of benzene rings is 1. The van der Waals surface area contributed by atoms with Gasteiger partial charge in [-0.3, -0.25) is 29.4 Å². The van der Waals surface area contributed by atoms with Crippen LogP contribution in [0.2, 0.25) is 0 Å². The molecule has 2 aliphatic rings. The Labute approximate surface area is 333 Å². The maximum Gasteiger partial charge on any atom is 0.264 e. The van der Waals surface area contributed by atoms with Gasteiger partial charge in [-0.1, -0.05) is 6.07 Å². The number of halogens is 1. The number of nitrogens with one attached hydrogen (secondary N) is 2. The molecule has 1 unspecified atom stereocenters. The molecule has 0 aliphatic carbocycles. The van der Waals surface area contributed by atoms with E-state index in [9.17, 15) is 19.2 Å². The summed E-state index contributed by atoms with van der Waals surface area (Å²) in [7, 11) is 0. The number of nitrogens with zero attached hydrogens (tertiary/aromatic N) is 1. The minimum Gasteiger partial charge on any atom is -0.382 e. The molecular formula is C37H58ClN3O15. The predicted octanol–water partition coefficient (Wildman–Crippen LogP) is 0.921. The molecule has 0 saturated carbocycles. The van der Waals surface area contributed by atoms with E-state index in [2.05, 4.69) is 10.6 Å². The largest absolute Gasteiger partial charge is 0.382 e. The molecule has 56 heavy (non-hydrogen) atoms. The van der Waals surface area contributed by atoms with Crippen molar-refractivity contribution in [3.05, 3.63) is 29.3 Å². The van der Waals surface area contributed by atoms with E-state index in [0.717, 1.165) is 4.90 Å². The zero-order valence-electron chi connectivity index (χ0n) is 32.1. The lowest BCUT2D eigenvalue weighted by Crippen LogP contribution is -2.54. The molecule has 0 aromatic heterocycles. The number of hydrogen-bond acceptors (Lipinski definition) is 16. The van der Waals surface area contributed by atoms with Gasteiger partial charge < -0.3 is 57.4 Å². The van der Waals surface area contributed by atoms with Crippen LogP contribution >= 0.6 is 11.6 Å². The molecule has 0 spiro atoms. The average molecular weight is 820 g/mol. The van der Waals surface area contributed by atoms with Crippen LogP contribution in [0, 0.1) is 0 Å². The second-order valence-corrected chi connectivity index (χ2v) is 12.4. The molecule has 1 fully saturated rings. The maximum absolute atomic E-state index is 13.2. The number of alkyl halides is 1. The summed E-state index contributed by atoms with van der Waals surface area (Å²) < 4.78 is 60.0. The smallest absolute Gasteiger partial charge is 0.264 e. The van der Waals surface area contributed by atoms with Gasteiger partial charge in [-0.05, 0) is 18.6 Å². The first-order chi connectivity index (χ1) is 27.5. The number of ether oxygens (including phenoxy) is 11. The van der Waals surface area contributed by atoms with Crippen molar-refractivity contribution in [2.45, 2.75) is 18.9 Å². The number of amides is 4. The molecule has 2 heterocycles. The SMILES string of the molecule is O=C1CCC(N2C(=O)c3cccc(NCCOCCOCCOCCOCCOCCOCCOCCOCCOCCOCCOCCCl)c3C2=O)C(=O)N1. The van der Waals surface area contributed by atoms with Crippen LogP contribution in [0.3, 0.4) is 0 Å². The Morgan fingerprint density at radius 2 is 0.946 bits per heavy atom. The minimum absolute atomic E-state index is 0.0647. The summed E-state index contributed by atoms with van der Waals surface area (Å²) in [6.07, 6.45) is 0.167. The molecule has 1 atom stereocenters. The number of fused-ring (bicyclic) bond motifs is 1. The summed E-state index contributed by atoms with van der Waals surface area (Å²) in [6, 6.07) is 3.90. The van der Waals surface area contributed by atoms with Gasteiger partial charge >= 0.3 is 0 Å². The highest BCUT2D eigenvalue weighted by Gasteiger charge is 2.45. The topological polar surface area (TPSA) is 197 Å². The van der Waals surface area contributed by atoms with Crippen LogP contribution in [0.1, 0.15) is 33.6 Å². The van der Waals surface area contributed by atoms with Gasteiger partial charge in [0.15, 0.2) is 0 Å². The van der Waals surface area contributed by atoms with Crippen molar-refractivity contribution in [2.24, 2.45) is 0 Å². The van der Waals surface area contributed by atoms with E-state index >= 15 is 0 Å². The molecule has 3 rings (SSSR count). The summed E-state index contributed by atoms with van der Waals surface area (Å²) in [5.74, 6) is -1.69. The van der Waals surface area contributed by atoms with Crippen molar-refractivity contribution in [3.8, 4) is 0 Å². The van der Waals surface area contributed by atoms with Crippen molar-refractivity contribution < 1.29 is 71.3 Å². The van der Waals surface area contributed by atoms with Crippen molar-refractivity contribution in [1.82, 2.24) is 10.2 Å². The van der Waals surface area contributed by atoms with Crippen LogP contribution in [-0.2, 0) is 61.7 Å². The number of carbonyl (C=O) groups is 4. The highest BCUT2D eigenvalue weighted by atomic mass is 35.5. The number of hydrogen-bond donors (Lipinski definition) is 2. The minimum atomic E-state index is -1.01. The summed E-state index contributed by atoms with van der Waals surface area (Å²) in [4.78, 5) is 50.9.